The number of rotatable bonds is 7. The second kappa shape index (κ2) is 10.1. The van der Waals surface area contributed by atoms with Crippen LogP contribution in [0.3, 0.4) is 0 Å². The van der Waals surface area contributed by atoms with Crippen molar-refractivity contribution in [2.24, 2.45) is 0 Å². The molecule has 1 N–H and O–H groups in total. The molecule has 2 atom stereocenters. The molecule has 1 spiro atoms. The van der Waals surface area contributed by atoms with E-state index in [1.54, 1.807) is 26.5 Å². The summed E-state index contributed by atoms with van der Waals surface area (Å²) in [7, 11) is 3.35. The van der Waals surface area contributed by atoms with E-state index >= 15 is 0 Å². The van der Waals surface area contributed by atoms with Crippen molar-refractivity contribution >= 4 is 12.0 Å². The van der Waals surface area contributed by atoms with Crippen LogP contribution < -0.4 is 10.1 Å². The number of fused-ring (bicyclic) bond motifs is 2. The maximum absolute atomic E-state index is 13.3. The summed E-state index contributed by atoms with van der Waals surface area (Å²) in [6.45, 7) is 2.80. The van der Waals surface area contributed by atoms with Crippen molar-refractivity contribution in [1.82, 2.24) is 10.2 Å². The normalized spacial score (nSPS) is 21.3. The average molecular weight is 473 g/mol. The Hall–Kier alpha value is -3.35. The van der Waals surface area contributed by atoms with Crippen molar-refractivity contribution in [2.45, 2.75) is 30.4 Å². The first-order valence-electron chi connectivity index (χ1n) is 12.1. The number of nitrogens with one attached hydrogen (secondary N) is 1. The monoisotopic (exact) mass is 472 g/mol. The van der Waals surface area contributed by atoms with Crippen molar-refractivity contribution in [1.29, 1.82) is 0 Å². The lowest BCUT2D eigenvalue weighted by molar-refractivity contribution is -0.00976. The Morgan fingerprint density at radius 3 is 2.60 bits per heavy atom. The highest BCUT2D eigenvalue weighted by Crippen LogP contribution is 2.52. The van der Waals surface area contributed by atoms with Crippen LogP contribution in [0.5, 0.6) is 5.75 Å². The highest BCUT2D eigenvalue weighted by molar-refractivity contribution is 5.97. The minimum absolute atomic E-state index is 0.134. The van der Waals surface area contributed by atoms with E-state index in [4.69, 9.17) is 13.9 Å². The number of piperidine rings is 1. The highest BCUT2D eigenvalue weighted by atomic mass is 16.5. The second-order valence-corrected chi connectivity index (χ2v) is 9.27. The van der Waals surface area contributed by atoms with E-state index in [1.165, 1.54) is 5.56 Å². The van der Waals surface area contributed by atoms with Gasteiger partial charge in [0.25, 0.3) is 5.91 Å². The van der Waals surface area contributed by atoms with Gasteiger partial charge in [-0.15, -0.1) is 0 Å². The number of likely N-dealkylation sites (tertiary alicyclic amines) is 1. The summed E-state index contributed by atoms with van der Waals surface area (Å²) in [4.78, 5) is 15.8. The minimum atomic E-state index is -0.223. The summed E-state index contributed by atoms with van der Waals surface area (Å²) in [5, 5.41) is 3.28. The van der Waals surface area contributed by atoms with Gasteiger partial charge >= 0.3 is 0 Å². The van der Waals surface area contributed by atoms with Crippen LogP contribution in [-0.4, -0.2) is 50.8 Å². The number of nitrogens with zero attached hydrogens (tertiary/aromatic N) is 1. The molecule has 6 nitrogen and oxygen atoms in total. The Kier molecular flexibility index (Phi) is 6.75. The number of carbonyl (C=O) groups is 1. The van der Waals surface area contributed by atoms with Gasteiger partial charge in [0.05, 0.1) is 31.1 Å². The number of benzene rings is 2. The average Bonchev–Trinajstić information content (AvgIpc) is 3.50. The zero-order valence-electron chi connectivity index (χ0n) is 20.3. The molecule has 1 fully saturated rings. The predicted molar refractivity (Wildman–Crippen MR) is 136 cm³/mol. The van der Waals surface area contributed by atoms with E-state index in [-0.39, 0.29) is 23.5 Å². The first-order valence-corrected chi connectivity index (χ1v) is 12.1. The van der Waals surface area contributed by atoms with Crippen molar-refractivity contribution in [3.05, 3.63) is 95.5 Å². The molecule has 1 aliphatic heterocycles. The van der Waals surface area contributed by atoms with Gasteiger partial charge in [-0.3, -0.25) is 9.69 Å². The molecule has 2 aromatic carbocycles. The lowest BCUT2D eigenvalue weighted by Gasteiger charge is -2.44. The van der Waals surface area contributed by atoms with Gasteiger partial charge in [0.1, 0.15) is 11.5 Å². The van der Waals surface area contributed by atoms with E-state index in [2.05, 4.69) is 34.5 Å². The SMILES string of the molecule is COc1ccccc1C(=O)N[C@@H]1c2ccccc2C2(CCN(C/C=C/c3ccco3)CC2)[C@H]1OC. The Morgan fingerprint density at radius 1 is 1.09 bits per heavy atom. The molecule has 2 aliphatic rings. The van der Waals surface area contributed by atoms with E-state index in [0.29, 0.717) is 11.3 Å². The summed E-state index contributed by atoms with van der Waals surface area (Å²) in [6.07, 6.45) is 7.67. The van der Waals surface area contributed by atoms with Crippen molar-refractivity contribution in [3.63, 3.8) is 0 Å². The molecule has 2 heterocycles. The lowest BCUT2D eigenvalue weighted by Crippen LogP contribution is -2.50. The Bertz CT molecular complexity index is 1180. The molecule has 5 rings (SSSR count). The summed E-state index contributed by atoms with van der Waals surface area (Å²) in [5.41, 5.74) is 2.84. The van der Waals surface area contributed by atoms with Crippen LogP contribution in [0.4, 0.5) is 0 Å². The second-order valence-electron chi connectivity index (χ2n) is 9.27. The van der Waals surface area contributed by atoms with Crippen LogP contribution in [0.25, 0.3) is 6.08 Å². The van der Waals surface area contributed by atoms with E-state index in [9.17, 15) is 4.79 Å². The molecule has 3 aromatic rings. The van der Waals surface area contributed by atoms with Gasteiger partial charge < -0.3 is 19.2 Å². The quantitative estimate of drug-likeness (QED) is 0.533. The van der Waals surface area contributed by atoms with Crippen LogP contribution in [-0.2, 0) is 10.2 Å². The molecule has 0 radical (unpaired) electrons. The Morgan fingerprint density at radius 2 is 1.86 bits per heavy atom. The summed E-state index contributed by atoms with van der Waals surface area (Å²) in [5.74, 6) is 1.29. The highest BCUT2D eigenvalue weighted by Gasteiger charge is 2.53. The fourth-order valence-electron chi connectivity index (χ4n) is 5.82. The smallest absolute Gasteiger partial charge is 0.255 e. The molecule has 1 saturated heterocycles. The zero-order chi connectivity index (χ0) is 24.3. The third kappa shape index (κ3) is 4.40. The van der Waals surface area contributed by atoms with Gasteiger partial charge in [-0.25, -0.2) is 0 Å². The third-order valence-corrected chi connectivity index (χ3v) is 7.51. The number of hydrogen-bond donors (Lipinski definition) is 1. The van der Waals surface area contributed by atoms with Crippen LogP contribution in [0.2, 0.25) is 0 Å². The number of carbonyl (C=O) groups excluding carboxylic acids is 1. The van der Waals surface area contributed by atoms with Gasteiger partial charge in [0.15, 0.2) is 0 Å². The molecule has 0 saturated carbocycles. The van der Waals surface area contributed by atoms with Gasteiger partial charge in [0, 0.05) is 19.1 Å². The zero-order valence-corrected chi connectivity index (χ0v) is 20.3. The fraction of sp³-hybridized carbons (Fsp3) is 0.345. The predicted octanol–water partition coefficient (Wildman–Crippen LogP) is 4.83. The molecule has 1 amide bonds. The van der Waals surface area contributed by atoms with E-state index < -0.39 is 0 Å². The van der Waals surface area contributed by atoms with Crippen LogP contribution in [0, 0.1) is 0 Å². The summed E-state index contributed by atoms with van der Waals surface area (Å²) < 4.78 is 17.0. The molecule has 1 aliphatic carbocycles. The first kappa shape index (κ1) is 23.4. The van der Waals surface area contributed by atoms with E-state index in [0.717, 1.165) is 43.8 Å². The largest absolute Gasteiger partial charge is 0.496 e. The van der Waals surface area contributed by atoms with Crippen molar-refractivity contribution < 1.29 is 18.7 Å². The fourth-order valence-corrected chi connectivity index (χ4v) is 5.82. The number of methoxy groups -OCH3 is 2. The van der Waals surface area contributed by atoms with Crippen LogP contribution in [0.1, 0.15) is 46.1 Å². The maximum atomic E-state index is 13.3. The molecular weight excluding hydrogens is 440 g/mol. The van der Waals surface area contributed by atoms with Crippen LogP contribution >= 0.6 is 0 Å². The number of ether oxygens (including phenoxy) is 2. The molecule has 1 aromatic heterocycles. The van der Waals surface area contributed by atoms with Gasteiger partial charge in [-0.2, -0.15) is 0 Å². The standard InChI is InChI=1S/C29H32N2O4/c1-33-25-14-6-4-12-23(25)28(32)30-26-22-11-3-5-13-24(22)29(27(26)34-2)15-18-31(19-16-29)17-7-9-21-10-8-20-35-21/h3-14,20,26-27H,15-19H2,1-2H3,(H,30,32)/b9-7+/t26-,27+/m1/s1. The van der Waals surface area contributed by atoms with Gasteiger partial charge in [-0.1, -0.05) is 42.5 Å². The van der Waals surface area contributed by atoms with E-state index in [1.807, 2.05) is 42.5 Å². The summed E-state index contributed by atoms with van der Waals surface area (Å²) in [6, 6.07) is 19.4. The minimum Gasteiger partial charge on any atom is -0.496 e. The maximum Gasteiger partial charge on any atom is 0.255 e. The number of para-hydroxylation sites is 1. The third-order valence-electron chi connectivity index (χ3n) is 7.51. The summed E-state index contributed by atoms with van der Waals surface area (Å²) >= 11 is 0. The van der Waals surface area contributed by atoms with Gasteiger partial charge in [0.2, 0.25) is 0 Å². The molecule has 35 heavy (non-hydrogen) atoms. The molecule has 0 unspecified atom stereocenters. The van der Waals surface area contributed by atoms with Crippen molar-refractivity contribution in [3.8, 4) is 5.75 Å². The topological polar surface area (TPSA) is 63.9 Å². The number of hydrogen-bond acceptors (Lipinski definition) is 5. The molecular formula is C29H32N2O4. The molecule has 0 bridgehead atoms. The van der Waals surface area contributed by atoms with Crippen LogP contribution in [0.15, 0.2) is 77.4 Å². The molecule has 6 heteroatoms. The lowest BCUT2D eigenvalue weighted by atomic mass is 9.72. The molecule has 182 valence electrons. The Balaban J connectivity index is 1.35. The van der Waals surface area contributed by atoms with Gasteiger partial charge in [-0.05, 0) is 67.4 Å². The number of furan rings is 1. The first-order chi connectivity index (χ1) is 17.2. The Labute approximate surface area is 206 Å². The number of amides is 1. The van der Waals surface area contributed by atoms with Crippen molar-refractivity contribution in [2.75, 3.05) is 33.9 Å².